The first-order valence-corrected chi connectivity index (χ1v) is 10.5. The maximum absolute atomic E-state index is 13.1. The summed E-state index contributed by atoms with van der Waals surface area (Å²) in [6.07, 6.45) is 7.73. The minimum absolute atomic E-state index is 0.195. The minimum Gasteiger partial charge on any atom is -0.493 e. The number of nitrogens with zero attached hydrogens (tertiary/aromatic N) is 1. The fourth-order valence-electron chi connectivity index (χ4n) is 4.54. The van der Waals surface area contributed by atoms with Crippen LogP contribution in [0.5, 0.6) is 11.5 Å². The second-order valence-electron chi connectivity index (χ2n) is 8.15. The first-order chi connectivity index (χ1) is 13.6. The van der Waals surface area contributed by atoms with Crippen LogP contribution in [0.3, 0.4) is 0 Å². The number of hydrogen-bond donors (Lipinski definition) is 2. The van der Waals surface area contributed by atoms with Crippen LogP contribution in [-0.2, 0) is 11.3 Å². The number of ether oxygens (including phenoxy) is 2. The van der Waals surface area contributed by atoms with E-state index in [-0.39, 0.29) is 5.91 Å². The highest BCUT2D eigenvalue weighted by Gasteiger charge is 2.42. The number of nitrogens with one attached hydrogen (secondary N) is 1. The van der Waals surface area contributed by atoms with Crippen LogP contribution in [0.25, 0.3) is 0 Å². The zero-order valence-electron chi connectivity index (χ0n) is 17.2. The zero-order chi connectivity index (χ0) is 20.0. The lowest BCUT2D eigenvalue weighted by molar-refractivity contribution is -0.157. The molecule has 0 spiro atoms. The van der Waals surface area contributed by atoms with Crippen molar-refractivity contribution in [2.45, 2.75) is 57.1 Å². The van der Waals surface area contributed by atoms with Crippen molar-refractivity contribution in [1.29, 1.82) is 0 Å². The van der Waals surface area contributed by atoms with Crippen molar-refractivity contribution in [3.05, 3.63) is 23.8 Å². The molecule has 28 heavy (non-hydrogen) atoms. The molecule has 2 fully saturated rings. The Kier molecular flexibility index (Phi) is 7.18. The van der Waals surface area contributed by atoms with Crippen LogP contribution in [0, 0.1) is 5.92 Å². The molecule has 6 heteroatoms. The summed E-state index contributed by atoms with van der Waals surface area (Å²) in [5.41, 5.74) is -0.437. The number of amides is 1. The van der Waals surface area contributed by atoms with Crippen molar-refractivity contribution in [3.8, 4) is 11.5 Å². The fourth-order valence-corrected chi connectivity index (χ4v) is 4.54. The van der Waals surface area contributed by atoms with Crippen molar-refractivity contribution < 1.29 is 19.4 Å². The van der Waals surface area contributed by atoms with E-state index in [0.717, 1.165) is 18.5 Å². The van der Waals surface area contributed by atoms with Crippen molar-refractivity contribution in [2.24, 2.45) is 5.92 Å². The molecule has 6 nitrogen and oxygen atoms in total. The number of hydrogen-bond acceptors (Lipinski definition) is 5. The molecular weight excluding hydrogens is 356 g/mol. The average molecular weight is 391 g/mol. The van der Waals surface area contributed by atoms with E-state index in [2.05, 4.69) is 5.32 Å². The van der Waals surface area contributed by atoms with E-state index in [0.29, 0.717) is 43.5 Å². The molecule has 2 aliphatic rings. The van der Waals surface area contributed by atoms with E-state index in [4.69, 9.17) is 9.47 Å². The number of benzene rings is 1. The van der Waals surface area contributed by atoms with Crippen LogP contribution < -0.4 is 14.8 Å². The van der Waals surface area contributed by atoms with E-state index in [9.17, 15) is 9.90 Å². The first kappa shape index (κ1) is 20.9. The third kappa shape index (κ3) is 4.78. The van der Waals surface area contributed by atoms with Gasteiger partial charge in [-0.25, -0.2) is 0 Å². The van der Waals surface area contributed by atoms with Crippen LogP contribution in [0.4, 0.5) is 0 Å². The Morgan fingerprint density at radius 2 is 1.96 bits per heavy atom. The van der Waals surface area contributed by atoms with E-state index in [1.54, 1.807) is 19.1 Å². The van der Waals surface area contributed by atoms with Gasteiger partial charge in [-0.2, -0.15) is 0 Å². The highest BCUT2D eigenvalue weighted by Crippen LogP contribution is 2.33. The van der Waals surface area contributed by atoms with Crippen LogP contribution >= 0.6 is 0 Å². The lowest BCUT2D eigenvalue weighted by Gasteiger charge is -2.39. The number of piperidine rings is 1. The standard InChI is InChI=1S/C22H34N2O4/c1-27-19-11-6-10-18(20(19)28-2)15-24-13-7-12-22(26,21(24)25)16-23-14-17-8-4-3-5-9-17/h6,10-11,17,23,26H,3-5,7-9,12-16H2,1-2H3/t22-/m0/s1. The summed E-state index contributed by atoms with van der Waals surface area (Å²) < 4.78 is 10.8. The van der Waals surface area contributed by atoms with Crippen molar-refractivity contribution >= 4 is 5.91 Å². The van der Waals surface area contributed by atoms with Gasteiger partial charge in [-0.05, 0) is 44.2 Å². The van der Waals surface area contributed by atoms with Crippen molar-refractivity contribution in [2.75, 3.05) is 33.9 Å². The van der Waals surface area contributed by atoms with Gasteiger partial charge in [0.05, 0.1) is 14.2 Å². The van der Waals surface area contributed by atoms with Gasteiger partial charge in [-0.1, -0.05) is 31.4 Å². The van der Waals surface area contributed by atoms with Gasteiger partial charge in [0.15, 0.2) is 17.1 Å². The van der Waals surface area contributed by atoms with Crippen molar-refractivity contribution in [1.82, 2.24) is 10.2 Å². The molecule has 1 saturated heterocycles. The summed E-state index contributed by atoms with van der Waals surface area (Å²) >= 11 is 0. The molecule has 1 aromatic carbocycles. The van der Waals surface area contributed by atoms with E-state index >= 15 is 0 Å². The van der Waals surface area contributed by atoms with Crippen LogP contribution in [0.15, 0.2) is 18.2 Å². The summed E-state index contributed by atoms with van der Waals surface area (Å²) in [5.74, 6) is 1.77. The number of para-hydroxylation sites is 1. The Bertz CT molecular complexity index is 660. The SMILES string of the molecule is COc1cccc(CN2CCC[C@](O)(CNCC3CCCCC3)C2=O)c1OC. The van der Waals surface area contributed by atoms with Crippen LogP contribution in [0.2, 0.25) is 0 Å². The lowest BCUT2D eigenvalue weighted by Crippen LogP contribution is -2.58. The van der Waals surface area contributed by atoms with Gasteiger partial charge < -0.3 is 24.8 Å². The summed E-state index contributed by atoms with van der Waals surface area (Å²) in [5, 5.41) is 14.4. The number of carbonyl (C=O) groups is 1. The molecule has 2 N–H and O–H groups in total. The molecule has 1 aromatic rings. The predicted octanol–water partition coefficient (Wildman–Crippen LogP) is 2.73. The second kappa shape index (κ2) is 9.61. The minimum atomic E-state index is -1.32. The molecule has 0 radical (unpaired) electrons. The average Bonchev–Trinajstić information content (AvgIpc) is 2.72. The fraction of sp³-hybridized carbons (Fsp3) is 0.682. The van der Waals surface area contributed by atoms with Crippen LogP contribution in [0.1, 0.15) is 50.5 Å². The Labute approximate surface area is 168 Å². The number of methoxy groups -OCH3 is 2. The molecule has 0 unspecified atom stereocenters. The summed E-state index contributed by atoms with van der Waals surface area (Å²) in [7, 11) is 3.20. The predicted molar refractivity (Wildman–Crippen MR) is 109 cm³/mol. The lowest BCUT2D eigenvalue weighted by atomic mass is 9.88. The Balaban J connectivity index is 1.61. The Hall–Kier alpha value is -1.79. The molecule has 1 atom stereocenters. The number of rotatable bonds is 8. The zero-order valence-corrected chi connectivity index (χ0v) is 17.2. The summed E-state index contributed by atoms with van der Waals surface area (Å²) in [4.78, 5) is 14.8. The molecule has 0 aromatic heterocycles. The molecule has 3 rings (SSSR count). The molecule has 1 amide bonds. The van der Waals surface area contributed by atoms with Crippen LogP contribution in [-0.4, -0.2) is 55.4 Å². The maximum atomic E-state index is 13.1. The van der Waals surface area contributed by atoms with Crippen molar-refractivity contribution in [3.63, 3.8) is 0 Å². The third-order valence-corrected chi connectivity index (χ3v) is 6.12. The Morgan fingerprint density at radius 3 is 2.68 bits per heavy atom. The molecule has 1 aliphatic heterocycles. The third-order valence-electron chi connectivity index (χ3n) is 6.12. The Morgan fingerprint density at radius 1 is 1.18 bits per heavy atom. The molecule has 156 valence electrons. The van der Waals surface area contributed by atoms with E-state index in [1.165, 1.54) is 32.1 Å². The largest absolute Gasteiger partial charge is 0.493 e. The van der Waals surface area contributed by atoms with Gasteiger partial charge in [0.1, 0.15) is 0 Å². The van der Waals surface area contributed by atoms with Gasteiger partial charge in [-0.3, -0.25) is 4.79 Å². The van der Waals surface area contributed by atoms with Gasteiger partial charge in [0.2, 0.25) is 0 Å². The molecule has 1 aliphatic carbocycles. The van der Waals surface area contributed by atoms with Gasteiger partial charge in [0.25, 0.3) is 5.91 Å². The topological polar surface area (TPSA) is 71.0 Å². The highest BCUT2D eigenvalue weighted by molar-refractivity contribution is 5.86. The normalized spacial score (nSPS) is 23.7. The molecule has 1 heterocycles. The monoisotopic (exact) mass is 390 g/mol. The van der Waals surface area contributed by atoms with E-state index in [1.807, 2.05) is 18.2 Å². The number of likely N-dealkylation sites (tertiary alicyclic amines) is 1. The quantitative estimate of drug-likeness (QED) is 0.714. The first-order valence-electron chi connectivity index (χ1n) is 10.5. The molecule has 0 bridgehead atoms. The highest BCUT2D eigenvalue weighted by atomic mass is 16.5. The summed E-state index contributed by atoms with van der Waals surface area (Å²) in [6.45, 7) is 2.27. The molecule has 1 saturated carbocycles. The second-order valence-corrected chi connectivity index (χ2v) is 8.15. The van der Waals surface area contributed by atoms with Gasteiger partial charge in [0, 0.05) is 25.2 Å². The summed E-state index contributed by atoms with van der Waals surface area (Å²) in [6, 6.07) is 5.67. The smallest absolute Gasteiger partial charge is 0.256 e. The number of carbonyl (C=O) groups excluding carboxylic acids is 1. The maximum Gasteiger partial charge on any atom is 0.256 e. The van der Waals surface area contributed by atoms with E-state index < -0.39 is 5.60 Å². The van der Waals surface area contributed by atoms with Gasteiger partial charge in [-0.15, -0.1) is 0 Å². The number of aliphatic hydroxyl groups is 1. The molecular formula is C22H34N2O4. The van der Waals surface area contributed by atoms with Gasteiger partial charge >= 0.3 is 0 Å².